The number of hydrogen-bond donors (Lipinski definition) is 0. The summed E-state index contributed by atoms with van der Waals surface area (Å²) in [4.78, 5) is 10.3. The SMILES string of the molecule is Cc1c(C=O)ccc(C#N)c1S(=O)(=O)Cl. The van der Waals surface area contributed by atoms with E-state index in [1.54, 1.807) is 6.07 Å². The zero-order valence-corrected chi connectivity index (χ0v) is 9.26. The summed E-state index contributed by atoms with van der Waals surface area (Å²) in [5, 5.41) is 8.71. The third kappa shape index (κ3) is 2.17. The van der Waals surface area contributed by atoms with E-state index in [0.717, 1.165) is 0 Å². The molecule has 0 aliphatic heterocycles. The lowest BCUT2D eigenvalue weighted by Gasteiger charge is -2.05. The summed E-state index contributed by atoms with van der Waals surface area (Å²) in [5.41, 5.74) is 0.334. The van der Waals surface area contributed by atoms with Crippen LogP contribution in [0.4, 0.5) is 0 Å². The van der Waals surface area contributed by atoms with Crippen LogP contribution in [0, 0.1) is 18.3 Å². The number of aldehydes is 1. The Morgan fingerprint density at radius 1 is 1.47 bits per heavy atom. The predicted octanol–water partition coefficient (Wildman–Crippen LogP) is 1.61. The lowest BCUT2D eigenvalue weighted by molar-refractivity contribution is 0.112. The summed E-state index contributed by atoms with van der Waals surface area (Å²) >= 11 is 0. The molecule has 4 nitrogen and oxygen atoms in total. The molecule has 15 heavy (non-hydrogen) atoms. The fourth-order valence-electron chi connectivity index (χ4n) is 1.24. The lowest BCUT2D eigenvalue weighted by Crippen LogP contribution is -2.02. The van der Waals surface area contributed by atoms with Gasteiger partial charge in [0.15, 0.2) is 0 Å². The number of carbonyl (C=O) groups excluding carboxylic acids is 1. The van der Waals surface area contributed by atoms with Gasteiger partial charge in [0, 0.05) is 16.2 Å². The Hall–Kier alpha value is -1.38. The average molecular weight is 244 g/mol. The van der Waals surface area contributed by atoms with Gasteiger partial charge >= 0.3 is 0 Å². The van der Waals surface area contributed by atoms with Gasteiger partial charge in [0.25, 0.3) is 9.05 Å². The number of hydrogen-bond acceptors (Lipinski definition) is 4. The highest BCUT2D eigenvalue weighted by molar-refractivity contribution is 8.13. The van der Waals surface area contributed by atoms with Crippen molar-refractivity contribution in [3.63, 3.8) is 0 Å². The average Bonchev–Trinajstić information content (AvgIpc) is 2.15. The van der Waals surface area contributed by atoms with Crippen molar-refractivity contribution < 1.29 is 13.2 Å². The van der Waals surface area contributed by atoms with Crippen molar-refractivity contribution in [2.24, 2.45) is 0 Å². The number of benzene rings is 1. The Labute approximate surface area is 91.5 Å². The van der Waals surface area contributed by atoms with Crippen LogP contribution in [-0.4, -0.2) is 14.7 Å². The van der Waals surface area contributed by atoms with Crippen molar-refractivity contribution in [2.45, 2.75) is 11.8 Å². The number of rotatable bonds is 2. The highest BCUT2D eigenvalue weighted by Crippen LogP contribution is 2.25. The summed E-state index contributed by atoms with van der Waals surface area (Å²) in [7, 11) is 1.16. The minimum Gasteiger partial charge on any atom is -0.298 e. The van der Waals surface area contributed by atoms with E-state index in [1.807, 2.05) is 0 Å². The molecule has 1 aromatic carbocycles. The Morgan fingerprint density at radius 3 is 2.47 bits per heavy atom. The number of nitriles is 1. The monoisotopic (exact) mass is 243 g/mol. The molecule has 0 spiro atoms. The molecular formula is C9H6ClNO3S. The highest BCUT2D eigenvalue weighted by Gasteiger charge is 2.20. The van der Waals surface area contributed by atoms with Crippen molar-refractivity contribution in [3.8, 4) is 6.07 Å². The van der Waals surface area contributed by atoms with Crippen molar-refractivity contribution in [1.82, 2.24) is 0 Å². The van der Waals surface area contributed by atoms with Crippen molar-refractivity contribution in [1.29, 1.82) is 5.26 Å². The van der Waals surface area contributed by atoms with E-state index in [2.05, 4.69) is 0 Å². The van der Waals surface area contributed by atoms with Gasteiger partial charge in [-0.3, -0.25) is 4.79 Å². The standard InChI is InChI=1S/C9H6ClNO3S/c1-6-8(5-12)3-2-7(4-11)9(6)15(10,13)14/h2-3,5H,1H3. The first kappa shape index (κ1) is 11.7. The molecule has 0 N–H and O–H groups in total. The van der Waals surface area contributed by atoms with Gasteiger partial charge < -0.3 is 0 Å². The second-order valence-corrected chi connectivity index (χ2v) is 5.33. The van der Waals surface area contributed by atoms with Crippen LogP contribution in [-0.2, 0) is 9.05 Å². The molecule has 78 valence electrons. The van der Waals surface area contributed by atoms with Gasteiger partial charge in [-0.15, -0.1) is 0 Å². The van der Waals surface area contributed by atoms with E-state index in [9.17, 15) is 13.2 Å². The molecule has 0 fully saturated rings. The number of halogens is 1. The maximum atomic E-state index is 11.2. The van der Waals surface area contributed by atoms with E-state index >= 15 is 0 Å². The van der Waals surface area contributed by atoms with Gasteiger partial charge in [-0.2, -0.15) is 5.26 Å². The lowest BCUT2D eigenvalue weighted by atomic mass is 10.1. The quantitative estimate of drug-likeness (QED) is 0.584. The molecule has 0 heterocycles. The zero-order valence-electron chi connectivity index (χ0n) is 7.69. The minimum absolute atomic E-state index is 0.0619. The van der Waals surface area contributed by atoms with E-state index < -0.39 is 9.05 Å². The van der Waals surface area contributed by atoms with E-state index in [1.165, 1.54) is 19.1 Å². The topological polar surface area (TPSA) is 75.0 Å². The number of carbonyl (C=O) groups is 1. The number of nitrogens with zero attached hydrogens (tertiary/aromatic N) is 1. The summed E-state index contributed by atoms with van der Waals surface area (Å²) in [6, 6.07) is 4.35. The fourth-order valence-corrected chi connectivity index (χ4v) is 2.69. The van der Waals surface area contributed by atoms with Crippen LogP contribution in [0.25, 0.3) is 0 Å². The Bertz CT molecular complexity index is 557. The Morgan fingerprint density at radius 2 is 2.07 bits per heavy atom. The molecule has 0 radical (unpaired) electrons. The van der Waals surface area contributed by atoms with Crippen molar-refractivity contribution >= 4 is 26.0 Å². The van der Waals surface area contributed by atoms with Gasteiger partial charge in [0.2, 0.25) is 0 Å². The summed E-state index contributed by atoms with van der Waals surface area (Å²) in [5.74, 6) is 0. The molecule has 0 aliphatic rings. The van der Waals surface area contributed by atoms with Crippen molar-refractivity contribution in [2.75, 3.05) is 0 Å². The largest absolute Gasteiger partial charge is 0.298 e. The third-order valence-electron chi connectivity index (χ3n) is 1.94. The second-order valence-electron chi connectivity index (χ2n) is 2.82. The molecule has 1 aromatic rings. The van der Waals surface area contributed by atoms with Crippen LogP contribution in [0.2, 0.25) is 0 Å². The molecule has 0 unspecified atom stereocenters. The molecule has 0 bridgehead atoms. The predicted molar refractivity (Wildman–Crippen MR) is 54.3 cm³/mol. The van der Waals surface area contributed by atoms with Gasteiger partial charge in [-0.05, 0) is 18.6 Å². The molecule has 0 amide bonds. The fraction of sp³-hybridized carbons (Fsp3) is 0.111. The molecular weight excluding hydrogens is 238 g/mol. The highest BCUT2D eigenvalue weighted by atomic mass is 35.7. The molecule has 1 rings (SSSR count). The minimum atomic E-state index is -4.02. The van der Waals surface area contributed by atoms with Crippen LogP contribution in [0.15, 0.2) is 17.0 Å². The Kier molecular flexibility index (Phi) is 3.12. The molecule has 0 aromatic heterocycles. The maximum absolute atomic E-state index is 11.2. The molecule has 0 atom stereocenters. The smallest absolute Gasteiger partial charge is 0.262 e. The first-order chi connectivity index (χ1) is 6.91. The van der Waals surface area contributed by atoms with E-state index in [4.69, 9.17) is 15.9 Å². The van der Waals surface area contributed by atoms with Crippen LogP contribution < -0.4 is 0 Å². The van der Waals surface area contributed by atoms with Crippen LogP contribution in [0.3, 0.4) is 0 Å². The zero-order chi connectivity index (χ0) is 11.6. The van der Waals surface area contributed by atoms with E-state index in [0.29, 0.717) is 6.29 Å². The maximum Gasteiger partial charge on any atom is 0.262 e. The third-order valence-corrected chi connectivity index (χ3v) is 3.42. The first-order valence-electron chi connectivity index (χ1n) is 3.85. The first-order valence-corrected chi connectivity index (χ1v) is 6.16. The van der Waals surface area contributed by atoms with Crippen LogP contribution in [0.1, 0.15) is 21.5 Å². The molecule has 0 saturated carbocycles. The van der Waals surface area contributed by atoms with Gasteiger partial charge in [0.1, 0.15) is 17.3 Å². The summed E-state index contributed by atoms with van der Waals surface area (Å²) in [6.07, 6.45) is 0.516. The summed E-state index contributed by atoms with van der Waals surface area (Å²) < 4.78 is 22.4. The van der Waals surface area contributed by atoms with Crippen molar-refractivity contribution in [3.05, 3.63) is 28.8 Å². The normalized spacial score (nSPS) is 10.7. The van der Waals surface area contributed by atoms with Gasteiger partial charge in [-0.25, -0.2) is 8.42 Å². The summed E-state index contributed by atoms with van der Waals surface area (Å²) in [6.45, 7) is 1.43. The van der Waals surface area contributed by atoms with Crippen LogP contribution >= 0.6 is 10.7 Å². The Balaban J connectivity index is 3.75. The van der Waals surface area contributed by atoms with Gasteiger partial charge in [-0.1, -0.05) is 6.07 Å². The molecule has 0 saturated heterocycles. The second kappa shape index (κ2) is 4.01. The molecule has 6 heteroatoms. The van der Waals surface area contributed by atoms with Crippen LogP contribution in [0.5, 0.6) is 0 Å². The van der Waals surface area contributed by atoms with E-state index in [-0.39, 0.29) is 21.6 Å². The van der Waals surface area contributed by atoms with Gasteiger partial charge in [0.05, 0.1) is 5.56 Å². The molecule has 0 aliphatic carbocycles.